The van der Waals surface area contributed by atoms with E-state index in [0.29, 0.717) is 24.7 Å². The second kappa shape index (κ2) is 8.21. The van der Waals surface area contributed by atoms with Gasteiger partial charge in [-0.2, -0.15) is 0 Å². The second-order valence-corrected chi connectivity index (χ2v) is 6.69. The minimum Gasteiger partial charge on any atom is -0.380 e. The number of hydrogen-bond donors (Lipinski definition) is 1. The maximum atomic E-state index is 12.3. The zero-order valence-corrected chi connectivity index (χ0v) is 15.1. The quantitative estimate of drug-likeness (QED) is 0.683. The van der Waals surface area contributed by atoms with Gasteiger partial charge in [0, 0.05) is 14.6 Å². The second-order valence-electron chi connectivity index (χ2n) is 4.61. The van der Waals surface area contributed by atoms with E-state index in [4.69, 9.17) is 4.74 Å². The summed E-state index contributed by atoms with van der Waals surface area (Å²) in [6.07, 6.45) is 0. The summed E-state index contributed by atoms with van der Waals surface area (Å²) in [6.45, 7) is 7.32. The van der Waals surface area contributed by atoms with E-state index < -0.39 is 0 Å². The van der Waals surface area contributed by atoms with Gasteiger partial charge >= 0.3 is 0 Å². The van der Waals surface area contributed by atoms with E-state index in [1.54, 1.807) is 0 Å². The van der Waals surface area contributed by atoms with Crippen LogP contribution in [0.4, 0.5) is 0 Å². The number of amides is 1. The molecule has 0 saturated heterocycles. The molecule has 0 radical (unpaired) electrons. The third-order valence-corrected chi connectivity index (χ3v) is 4.23. The monoisotopic (exact) mass is 439 g/mol. The molecule has 1 N–H and O–H groups in total. The topological polar surface area (TPSA) is 38.3 Å². The summed E-state index contributed by atoms with van der Waals surface area (Å²) in [6, 6.07) is 5.72. The fourth-order valence-electron chi connectivity index (χ4n) is 1.56. The first kappa shape index (κ1) is 16.9. The summed E-state index contributed by atoms with van der Waals surface area (Å²) in [5.74, 6) is 0.282. The number of halogens is 2. The molecule has 19 heavy (non-hydrogen) atoms. The lowest BCUT2D eigenvalue weighted by Crippen LogP contribution is -2.42. The van der Waals surface area contributed by atoms with Gasteiger partial charge in [0.2, 0.25) is 0 Å². The van der Waals surface area contributed by atoms with Crippen molar-refractivity contribution in [2.45, 2.75) is 26.8 Å². The maximum Gasteiger partial charge on any atom is 0.252 e. The molecule has 1 aromatic rings. The lowest BCUT2D eigenvalue weighted by atomic mass is 10.0. The average Bonchev–Trinajstić information content (AvgIpc) is 2.36. The normalized spacial score (nSPS) is 12.5. The van der Waals surface area contributed by atoms with E-state index in [2.05, 4.69) is 57.7 Å². The van der Waals surface area contributed by atoms with Gasteiger partial charge in [-0.15, -0.1) is 0 Å². The zero-order chi connectivity index (χ0) is 14.4. The molecule has 106 valence electrons. The molecule has 1 amide bonds. The van der Waals surface area contributed by atoms with Crippen molar-refractivity contribution >= 4 is 44.4 Å². The van der Waals surface area contributed by atoms with E-state index in [0.717, 1.165) is 8.04 Å². The molecule has 3 nitrogen and oxygen atoms in total. The average molecular weight is 440 g/mol. The SMILES string of the molecule is CCOCC(NC(=O)c1cc(Br)ccc1I)C(C)C. The molecule has 0 aromatic heterocycles. The molecule has 1 aromatic carbocycles. The number of benzene rings is 1. The van der Waals surface area contributed by atoms with Crippen molar-refractivity contribution in [3.8, 4) is 0 Å². The van der Waals surface area contributed by atoms with Gasteiger partial charge < -0.3 is 10.1 Å². The molecule has 0 aliphatic heterocycles. The van der Waals surface area contributed by atoms with Gasteiger partial charge in [-0.05, 0) is 53.6 Å². The van der Waals surface area contributed by atoms with Crippen LogP contribution < -0.4 is 5.32 Å². The number of hydrogen-bond acceptors (Lipinski definition) is 2. The Morgan fingerprint density at radius 2 is 2.16 bits per heavy atom. The highest BCUT2D eigenvalue weighted by Crippen LogP contribution is 2.18. The Bertz CT molecular complexity index is 437. The molecular formula is C14H19BrINO2. The summed E-state index contributed by atoms with van der Waals surface area (Å²) in [5.41, 5.74) is 0.692. The van der Waals surface area contributed by atoms with E-state index >= 15 is 0 Å². The lowest BCUT2D eigenvalue weighted by molar-refractivity contribution is 0.0805. The van der Waals surface area contributed by atoms with Gasteiger partial charge in [-0.3, -0.25) is 4.79 Å². The van der Waals surface area contributed by atoms with Crippen LogP contribution in [0.15, 0.2) is 22.7 Å². The highest BCUT2D eigenvalue weighted by Gasteiger charge is 2.18. The van der Waals surface area contributed by atoms with Crippen LogP contribution in [0.2, 0.25) is 0 Å². The molecule has 0 saturated carbocycles. The number of carbonyl (C=O) groups excluding carboxylic acids is 1. The van der Waals surface area contributed by atoms with Crippen molar-refractivity contribution in [3.63, 3.8) is 0 Å². The first-order valence-corrected chi connectivity index (χ1v) is 8.16. The number of carbonyl (C=O) groups is 1. The molecule has 1 rings (SSSR count). The summed E-state index contributed by atoms with van der Waals surface area (Å²) in [4.78, 5) is 12.3. The van der Waals surface area contributed by atoms with Gasteiger partial charge in [-0.1, -0.05) is 29.8 Å². The van der Waals surface area contributed by atoms with Crippen molar-refractivity contribution in [2.75, 3.05) is 13.2 Å². The smallest absolute Gasteiger partial charge is 0.252 e. The minimum atomic E-state index is -0.0518. The molecule has 0 heterocycles. The number of rotatable bonds is 6. The first-order chi connectivity index (χ1) is 8.95. The third kappa shape index (κ3) is 5.39. The van der Waals surface area contributed by atoms with Gasteiger partial charge in [0.1, 0.15) is 0 Å². The molecule has 0 aliphatic rings. The Morgan fingerprint density at radius 1 is 1.47 bits per heavy atom. The maximum absolute atomic E-state index is 12.3. The summed E-state index contributed by atoms with van der Waals surface area (Å²) in [7, 11) is 0. The van der Waals surface area contributed by atoms with Crippen LogP contribution in [0.3, 0.4) is 0 Å². The van der Waals surface area contributed by atoms with Crippen molar-refractivity contribution in [2.24, 2.45) is 5.92 Å². The Morgan fingerprint density at radius 3 is 2.74 bits per heavy atom. The van der Waals surface area contributed by atoms with Gasteiger partial charge in [-0.25, -0.2) is 0 Å². The Balaban J connectivity index is 2.78. The van der Waals surface area contributed by atoms with Crippen LogP contribution >= 0.6 is 38.5 Å². The molecule has 1 atom stereocenters. The molecule has 0 aliphatic carbocycles. The van der Waals surface area contributed by atoms with Crippen LogP contribution in [0, 0.1) is 9.49 Å². The molecular weight excluding hydrogens is 421 g/mol. The zero-order valence-electron chi connectivity index (χ0n) is 11.4. The van der Waals surface area contributed by atoms with E-state index in [-0.39, 0.29) is 11.9 Å². The van der Waals surface area contributed by atoms with Crippen molar-refractivity contribution in [1.82, 2.24) is 5.32 Å². The molecule has 1 unspecified atom stereocenters. The Hall–Kier alpha value is -0.140. The van der Waals surface area contributed by atoms with Gasteiger partial charge in [0.05, 0.1) is 18.2 Å². The largest absolute Gasteiger partial charge is 0.380 e. The summed E-state index contributed by atoms with van der Waals surface area (Å²) in [5, 5.41) is 3.05. The van der Waals surface area contributed by atoms with Crippen LogP contribution in [-0.2, 0) is 4.74 Å². The molecule has 5 heteroatoms. The predicted molar refractivity (Wildman–Crippen MR) is 89.4 cm³/mol. The van der Waals surface area contributed by atoms with Crippen molar-refractivity contribution in [3.05, 3.63) is 31.8 Å². The van der Waals surface area contributed by atoms with Crippen LogP contribution in [0.25, 0.3) is 0 Å². The van der Waals surface area contributed by atoms with Crippen LogP contribution in [-0.4, -0.2) is 25.2 Å². The molecule has 0 spiro atoms. The summed E-state index contributed by atoms with van der Waals surface area (Å²) >= 11 is 5.57. The van der Waals surface area contributed by atoms with E-state index in [1.807, 2.05) is 25.1 Å². The van der Waals surface area contributed by atoms with E-state index in [1.165, 1.54) is 0 Å². The molecule has 0 fully saturated rings. The summed E-state index contributed by atoms with van der Waals surface area (Å²) < 4.78 is 7.27. The van der Waals surface area contributed by atoms with Crippen molar-refractivity contribution in [1.29, 1.82) is 0 Å². The van der Waals surface area contributed by atoms with Crippen molar-refractivity contribution < 1.29 is 9.53 Å². The highest BCUT2D eigenvalue weighted by molar-refractivity contribution is 14.1. The number of ether oxygens (including phenoxy) is 1. The van der Waals surface area contributed by atoms with Crippen LogP contribution in [0.5, 0.6) is 0 Å². The standard InChI is InChI=1S/C14H19BrINO2/c1-4-19-8-13(9(2)3)17-14(18)11-7-10(15)5-6-12(11)16/h5-7,9,13H,4,8H2,1-3H3,(H,17,18). The minimum absolute atomic E-state index is 0.0298. The number of nitrogens with one attached hydrogen (secondary N) is 1. The lowest BCUT2D eigenvalue weighted by Gasteiger charge is -2.22. The predicted octanol–water partition coefficient (Wildman–Crippen LogP) is 3.84. The fraction of sp³-hybridized carbons (Fsp3) is 0.500. The fourth-order valence-corrected chi connectivity index (χ4v) is 2.50. The Kier molecular flexibility index (Phi) is 7.31. The van der Waals surface area contributed by atoms with Gasteiger partial charge in [0.25, 0.3) is 5.91 Å². The highest BCUT2D eigenvalue weighted by atomic mass is 127. The van der Waals surface area contributed by atoms with E-state index in [9.17, 15) is 4.79 Å². The first-order valence-electron chi connectivity index (χ1n) is 6.29. The van der Waals surface area contributed by atoms with Gasteiger partial charge in [0.15, 0.2) is 0 Å². The Labute approximate surface area is 136 Å². The third-order valence-electron chi connectivity index (χ3n) is 2.80. The van der Waals surface area contributed by atoms with Crippen LogP contribution in [0.1, 0.15) is 31.1 Å². The molecule has 0 bridgehead atoms.